The van der Waals surface area contributed by atoms with Gasteiger partial charge in [0.15, 0.2) is 11.5 Å². The van der Waals surface area contributed by atoms with Crippen molar-refractivity contribution in [1.29, 1.82) is 0 Å². The van der Waals surface area contributed by atoms with Gasteiger partial charge in [-0.2, -0.15) is 0 Å². The standard InChI is InChI=1S/C18H18ClNO3S/c1-22-15-8-7-12(9-16(15)23-2)10-20-17(21)11-24-18(20)13-5-3-4-6-14(13)19/h3-9,18H,10-11H2,1-2H3. The lowest BCUT2D eigenvalue weighted by Gasteiger charge is -2.25. The normalized spacial score (nSPS) is 17.2. The lowest BCUT2D eigenvalue weighted by molar-refractivity contribution is -0.128. The molecule has 0 aromatic heterocycles. The van der Waals surface area contributed by atoms with Gasteiger partial charge in [-0.25, -0.2) is 0 Å². The average Bonchev–Trinajstić information content (AvgIpc) is 2.96. The van der Waals surface area contributed by atoms with Gasteiger partial charge in [0.25, 0.3) is 0 Å². The lowest BCUT2D eigenvalue weighted by Crippen LogP contribution is -2.27. The molecular formula is C18H18ClNO3S. The number of methoxy groups -OCH3 is 2. The number of thioether (sulfide) groups is 1. The van der Waals surface area contributed by atoms with E-state index in [9.17, 15) is 4.79 Å². The molecule has 1 fully saturated rings. The second kappa shape index (κ2) is 7.36. The average molecular weight is 364 g/mol. The highest BCUT2D eigenvalue weighted by atomic mass is 35.5. The van der Waals surface area contributed by atoms with Crippen LogP contribution in [0.15, 0.2) is 42.5 Å². The Morgan fingerprint density at radius 1 is 1.17 bits per heavy atom. The van der Waals surface area contributed by atoms with Crippen LogP contribution in [0.4, 0.5) is 0 Å². The third kappa shape index (κ3) is 3.32. The number of hydrogen-bond acceptors (Lipinski definition) is 4. The summed E-state index contributed by atoms with van der Waals surface area (Å²) in [4.78, 5) is 14.2. The third-order valence-corrected chi connectivity index (χ3v) is 5.52. The number of hydrogen-bond donors (Lipinski definition) is 0. The van der Waals surface area contributed by atoms with E-state index in [1.165, 1.54) is 0 Å². The molecule has 0 aliphatic carbocycles. The van der Waals surface area contributed by atoms with E-state index in [0.29, 0.717) is 28.8 Å². The minimum atomic E-state index is -0.0701. The second-order valence-electron chi connectivity index (χ2n) is 5.40. The van der Waals surface area contributed by atoms with Crippen molar-refractivity contribution in [1.82, 2.24) is 4.90 Å². The van der Waals surface area contributed by atoms with E-state index in [1.54, 1.807) is 26.0 Å². The third-order valence-electron chi connectivity index (χ3n) is 3.94. The molecule has 1 aliphatic heterocycles. The van der Waals surface area contributed by atoms with Crippen molar-refractivity contribution in [3.8, 4) is 11.5 Å². The molecule has 2 aromatic rings. The van der Waals surface area contributed by atoms with Gasteiger partial charge >= 0.3 is 0 Å². The zero-order chi connectivity index (χ0) is 17.1. The van der Waals surface area contributed by atoms with E-state index in [-0.39, 0.29) is 11.3 Å². The Bertz CT molecular complexity index is 753. The van der Waals surface area contributed by atoms with Crippen LogP contribution in [0.3, 0.4) is 0 Å². The molecule has 126 valence electrons. The van der Waals surface area contributed by atoms with E-state index in [0.717, 1.165) is 11.1 Å². The van der Waals surface area contributed by atoms with Gasteiger partial charge in [0.05, 0.1) is 20.0 Å². The Kier molecular flexibility index (Phi) is 5.21. The van der Waals surface area contributed by atoms with Gasteiger partial charge in [-0.1, -0.05) is 35.9 Å². The topological polar surface area (TPSA) is 38.8 Å². The summed E-state index contributed by atoms with van der Waals surface area (Å²) in [7, 11) is 3.20. The Morgan fingerprint density at radius 3 is 2.62 bits per heavy atom. The Morgan fingerprint density at radius 2 is 1.92 bits per heavy atom. The van der Waals surface area contributed by atoms with Crippen LogP contribution in [0.2, 0.25) is 5.02 Å². The number of amides is 1. The molecule has 24 heavy (non-hydrogen) atoms. The first-order valence-corrected chi connectivity index (χ1v) is 8.93. The monoisotopic (exact) mass is 363 g/mol. The van der Waals surface area contributed by atoms with Crippen molar-refractivity contribution < 1.29 is 14.3 Å². The Balaban J connectivity index is 1.87. The van der Waals surface area contributed by atoms with Gasteiger partial charge in [0, 0.05) is 17.1 Å². The number of ether oxygens (including phenoxy) is 2. The van der Waals surface area contributed by atoms with Gasteiger partial charge in [-0.05, 0) is 23.8 Å². The highest BCUT2D eigenvalue weighted by Crippen LogP contribution is 2.42. The van der Waals surface area contributed by atoms with Gasteiger partial charge in [0.2, 0.25) is 5.91 Å². The van der Waals surface area contributed by atoms with Crippen LogP contribution >= 0.6 is 23.4 Å². The van der Waals surface area contributed by atoms with Crippen molar-refractivity contribution in [2.45, 2.75) is 11.9 Å². The van der Waals surface area contributed by atoms with Crippen molar-refractivity contribution in [3.05, 3.63) is 58.6 Å². The predicted molar refractivity (Wildman–Crippen MR) is 96.7 cm³/mol. The molecule has 0 bridgehead atoms. The molecule has 1 unspecified atom stereocenters. The van der Waals surface area contributed by atoms with Crippen LogP contribution in [0, 0.1) is 0 Å². The first kappa shape index (κ1) is 17.0. The number of halogens is 1. The molecule has 1 atom stereocenters. The van der Waals surface area contributed by atoms with Gasteiger partial charge in [0.1, 0.15) is 5.37 Å². The summed E-state index contributed by atoms with van der Waals surface area (Å²) in [6, 6.07) is 13.4. The molecular weight excluding hydrogens is 346 g/mol. The molecule has 1 aliphatic rings. The summed E-state index contributed by atoms with van der Waals surface area (Å²) >= 11 is 7.92. The number of carbonyl (C=O) groups is 1. The zero-order valence-electron chi connectivity index (χ0n) is 13.5. The maximum absolute atomic E-state index is 12.4. The maximum Gasteiger partial charge on any atom is 0.234 e. The molecule has 0 N–H and O–H groups in total. The molecule has 6 heteroatoms. The first-order valence-electron chi connectivity index (χ1n) is 7.50. The number of rotatable bonds is 5. The SMILES string of the molecule is COc1ccc(CN2C(=O)CSC2c2ccccc2Cl)cc1OC. The molecule has 0 saturated carbocycles. The molecule has 0 spiro atoms. The van der Waals surface area contributed by atoms with E-state index in [1.807, 2.05) is 47.4 Å². The van der Waals surface area contributed by atoms with Crippen LogP contribution in [0.1, 0.15) is 16.5 Å². The molecule has 1 amide bonds. The van der Waals surface area contributed by atoms with Gasteiger partial charge in [-0.3, -0.25) is 4.79 Å². The molecule has 0 radical (unpaired) electrons. The molecule has 4 nitrogen and oxygen atoms in total. The van der Waals surface area contributed by atoms with Crippen LogP contribution < -0.4 is 9.47 Å². The Hall–Kier alpha value is -1.85. The summed E-state index contributed by atoms with van der Waals surface area (Å²) in [5, 5.41) is 0.612. The lowest BCUT2D eigenvalue weighted by atomic mass is 10.1. The smallest absolute Gasteiger partial charge is 0.234 e. The summed E-state index contributed by atoms with van der Waals surface area (Å²) in [5.41, 5.74) is 1.95. The number of nitrogens with zero attached hydrogens (tertiary/aromatic N) is 1. The quantitative estimate of drug-likeness (QED) is 0.800. The predicted octanol–water partition coefficient (Wildman–Crippen LogP) is 4.13. The molecule has 1 saturated heterocycles. The molecule has 2 aromatic carbocycles. The van der Waals surface area contributed by atoms with Crippen molar-refractivity contribution in [2.24, 2.45) is 0 Å². The van der Waals surface area contributed by atoms with Crippen molar-refractivity contribution in [2.75, 3.05) is 20.0 Å². The van der Waals surface area contributed by atoms with Gasteiger partial charge in [-0.15, -0.1) is 11.8 Å². The van der Waals surface area contributed by atoms with E-state index >= 15 is 0 Å². The van der Waals surface area contributed by atoms with E-state index < -0.39 is 0 Å². The van der Waals surface area contributed by atoms with Crippen molar-refractivity contribution >= 4 is 29.3 Å². The highest BCUT2D eigenvalue weighted by Gasteiger charge is 2.33. The second-order valence-corrected chi connectivity index (χ2v) is 6.87. The fourth-order valence-electron chi connectivity index (χ4n) is 2.73. The van der Waals surface area contributed by atoms with E-state index in [4.69, 9.17) is 21.1 Å². The summed E-state index contributed by atoms with van der Waals surface area (Å²) in [6.45, 7) is 0.502. The largest absolute Gasteiger partial charge is 0.493 e. The summed E-state index contributed by atoms with van der Waals surface area (Å²) in [5.74, 6) is 1.90. The fourth-order valence-corrected chi connectivity index (χ4v) is 4.26. The van der Waals surface area contributed by atoms with E-state index in [2.05, 4.69) is 0 Å². The Labute approximate surface area is 150 Å². The minimum Gasteiger partial charge on any atom is -0.493 e. The summed E-state index contributed by atoms with van der Waals surface area (Å²) < 4.78 is 10.6. The zero-order valence-corrected chi connectivity index (χ0v) is 15.1. The summed E-state index contributed by atoms with van der Waals surface area (Å²) in [6.07, 6.45) is 0. The van der Waals surface area contributed by atoms with Crippen LogP contribution in [-0.2, 0) is 11.3 Å². The van der Waals surface area contributed by atoms with Gasteiger partial charge < -0.3 is 14.4 Å². The number of carbonyl (C=O) groups excluding carboxylic acids is 1. The maximum atomic E-state index is 12.4. The van der Waals surface area contributed by atoms with Crippen LogP contribution in [0.5, 0.6) is 11.5 Å². The van der Waals surface area contributed by atoms with Crippen molar-refractivity contribution in [3.63, 3.8) is 0 Å². The first-order chi connectivity index (χ1) is 11.6. The minimum absolute atomic E-state index is 0.0701. The fraction of sp³-hybridized carbons (Fsp3) is 0.278. The molecule has 1 heterocycles. The van der Waals surface area contributed by atoms with Crippen LogP contribution in [0.25, 0.3) is 0 Å². The molecule has 3 rings (SSSR count). The highest BCUT2D eigenvalue weighted by molar-refractivity contribution is 8.00. The number of benzene rings is 2. The van der Waals surface area contributed by atoms with Crippen LogP contribution in [-0.4, -0.2) is 30.8 Å².